The van der Waals surface area contributed by atoms with E-state index in [0.717, 1.165) is 6.29 Å². The van der Waals surface area contributed by atoms with Crippen molar-refractivity contribution in [2.24, 2.45) is 5.92 Å². The third-order valence-corrected chi connectivity index (χ3v) is 3.11. The average Bonchev–Trinajstić information content (AvgIpc) is 2.31. The van der Waals surface area contributed by atoms with Crippen LogP contribution >= 0.6 is 0 Å². The summed E-state index contributed by atoms with van der Waals surface area (Å²) >= 11 is 0. The van der Waals surface area contributed by atoms with Gasteiger partial charge in [0.15, 0.2) is 0 Å². The molecule has 15 heavy (non-hydrogen) atoms. The van der Waals surface area contributed by atoms with Gasteiger partial charge in [0.25, 0.3) is 0 Å². The molecule has 0 aromatic heterocycles. The second kappa shape index (κ2) is 3.85. The third kappa shape index (κ3) is 1.65. The first-order valence-electron chi connectivity index (χ1n) is 5.14. The van der Waals surface area contributed by atoms with Gasteiger partial charge >= 0.3 is 0 Å². The summed E-state index contributed by atoms with van der Waals surface area (Å²) in [4.78, 5) is 11.1. The fourth-order valence-corrected chi connectivity index (χ4v) is 2.02. The summed E-state index contributed by atoms with van der Waals surface area (Å²) in [7, 11) is 0. The summed E-state index contributed by atoms with van der Waals surface area (Å²) in [6, 6.07) is 10.1. The molecule has 2 unspecified atom stereocenters. The van der Waals surface area contributed by atoms with E-state index in [0.29, 0.717) is 0 Å². The molecule has 1 aromatic carbocycles. The molecule has 76 valence electrons. The molecule has 0 heterocycles. The molecule has 0 fully saturated rings. The second-order valence-electron chi connectivity index (χ2n) is 4.05. The van der Waals surface area contributed by atoms with Crippen LogP contribution in [0.25, 0.3) is 0 Å². The highest BCUT2D eigenvalue weighted by molar-refractivity contribution is 5.63. The van der Waals surface area contributed by atoms with Crippen molar-refractivity contribution >= 4 is 6.29 Å². The van der Waals surface area contributed by atoms with Crippen molar-refractivity contribution in [2.75, 3.05) is 0 Å². The van der Waals surface area contributed by atoms with Crippen LogP contribution in [0.15, 0.2) is 54.6 Å². The fraction of sp³-hybridized carbons (Fsp3) is 0.214. The molecule has 0 amide bonds. The fourth-order valence-electron chi connectivity index (χ4n) is 2.02. The Kier molecular flexibility index (Phi) is 2.55. The molecule has 0 aliphatic heterocycles. The van der Waals surface area contributed by atoms with E-state index in [4.69, 9.17) is 0 Å². The number of aldehydes is 1. The molecule has 0 spiro atoms. The molecule has 0 saturated carbocycles. The van der Waals surface area contributed by atoms with Crippen LogP contribution in [0.2, 0.25) is 0 Å². The van der Waals surface area contributed by atoms with Gasteiger partial charge in [0, 0.05) is 11.3 Å². The number of hydrogen-bond acceptors (Lipinski definition) is 1. The highest BCUT2D eigenvalue weighted by atomic mass is 16.1. The molecular weight excluding hydrogens is 184 g/mol. The van der Waals surface area contributed by atoms with E-state index in [1.165, 1.54) is 5.56 Å². The van der Waals surface area contributed by atoms with Crippen molar-refractivity contribution in [3.8, 4) is 0 Å². The van der Waals surface area contributed by atoms with Crippen molar-refractivity contribution < 1.29 is 4.79 Å². The summed E-state index contributed by atoms with van der Waals surface area (Å²) in [5, 5.41) is 0. The molecule has 2 rings (SSSR count). The SMILES string of the molecule is CC1(c2ccccc2)C=CC=CC1C=O. The normalized spacial score (nSPS) is 29.0. The van der Waals surface area contributed by atoms with Gasteiger partial charge in [-0.1, -0.05) is 61.6 Å². The molecule has 0 N–H and O–H groups in total. The van der Waals surface area contributed by atoms with Gasteiger partial charge in [-0.2, -0.15) is 0 Å². The maximum Gasteiger partial charge on any atom is 0.128 e. The number of carbonyl (C=O) groups excluding carboxylic acids is 1. The quantitative estimate of drug-likeness (QED) is 0.668. The third-order valence-electron chi connectivity index (χ3n) is 3.11. The minimum absolute atomic E-state index is 0.0649. The van der Waals surface area contributed by atoms with Gasteiger partial charge in [-0.25, -0.2) is 0 Å². The summed E-state index contributed by atoms with van der Waals surface area (Å²) in [6.45, 7) is 2.10. The topological polar surface area (TPSA) is 17.1 Å². The van der Waals surface area contributed by atoms with Gasteiger partial charge in [0.1, 0.15) is 6.29 Å². The Morgan fingerprint density at radius 1 is 1.20 bits per heavy atom. The number of allylic oxidation sites excluding steroid dienone is 4. The molecule has 1 heteroatoms. The molecule has 1 nitrogen and oxygen atoms in total. The lowest BCUT2D eigenvalue weighted by molar-refractivity contribution is -0.111. The summed E-state index contributed by atoms with van der Waals surface area (Å²) in [6.07, 6.45) is 9.02. The van der Waals surface area contributed by atoms with E-state index < -0.39 is 0 Å². The molecule has 1 aliphatic rings. The van der Waals surface area contributed by atoms with Crippen LogP contribution in [-0.4, -0.2) is 6.29 Å². The monoisotopic (exact) mass is 198 g/mol. The van der Waals surface area contributed by atoms with Crippen LogP contribution in [0.5, 0.6) is 0 Å². The first kappa shape index (κ1) is 9.91. The van der Waals surface area contributed by atoms with Gasteiger partial charge in [-0.15, -0.1) is 0 Å². The van der Waals surface area contributed by atoms with E-state index >= 15 is 0 Å². The maximum atomic E-state index is 11.1. The van der Waals surface area contributed by atoms with Crippen LogP contribution in [0.1, 0.15) is 12.5 Å². The van der Waals surface area contributed by atoms with E-state index in [1.807, 2.05) is 36.4 Å². The molecular formula is C14H14O. The lowest BCUT2D eigenvalue weighted by Crippen LogP contribution is -2.31. The van der Waals surface area contributed by atoms with Gasteiger partial charge in [-0.3, -0.25) is 0 Å². The van der Waals surface area contributed by atoms with Crippen LogP contribution in [0.4, 0.5) is 0 Å². The number of benzene rings is 1. The van der Waals surface area contributed by atoms with Crippen LogP contribution in [-0.2, 0) is 10.2 Å². The smallest absolute Gasteiger partial charge is 0.128 e. The Balaban J connectivity index is 2.45. The van der Waals surface area contributed by atoms with Crippen LogP contribution in [0, 0.1) is 5.92 Å². The van der Waals surface area contributed by atoms with Crippen LogP contribution in [0.3, 0.4) is 0 Å². The molecule has 0 bridgehead atoms. The zero-order valence-electron chi connectivity index (χ0n) is 8.76. The zero-order chi connectivity index (χ0) is 10.7. The average molecular weight is 198 g/mol. The number of rotatable bonds is 2. The first-order valence-corrected chi connectivity index (χ1v) is 5.14. The predicted octanol–water partition coefficient (Wildman–Crippen LogP) is 2.89. The molecule has 0 saturated heterocycles. The Bertz CT molecular complexity index is 403. The van der Waals surface area contributed by atoms with E-state index in [-0.39, 0.29) is 11.3 Å². The molecule has 2 atom stereocenters. The van der Waals surface area contributed by atoms with Gasteiger partial charge in [-0.05, 0) is 5.56 Å². The lowest BCUT2D eigenvalue weighted by atomic mass is 9.70. The van der Waals surface area contributed by atoms with E-state index in [1.54, 1.807) is 0 Å². The molecule has 1 aliphatic carbocycles. The predicted molar refractivity (Wildman–Crippen MR) is 61.6 cm³/mol. The highest BCUT2D eigenvalue weighted by Gasteiger charge is 2.32. The largest absolute Gasteiger partial charge is 0.303 e. The Morgan fingerprint density at radius 2 is 1.93 bits per heavy atom. The van der Waals surface area contributed by atoms with Crippen molar-refractivity contribution in [2.45, 2.75) is 12.3 Å². The van der Waals surface area contributed by atoms with Crippen molar-refractivity contribution in [3.05, 3.63) is 60.2 Å². The minimum Gasteiger partial charge on any atom is -0.303 e. The Morgan fingerprint density at radius 3 is 2.60 bits per heavy atom. The zero-order valence-corrected chi connectivity index (χ0v) is 8.76. The van der Waals surface area contributed by atoms with Crippen molar-refractivity contribution in [1.29, 1.82) is 0 Å². The second-order valence-corrected chi connectivity index (χ2v) is 4.05. The summed E-state index contributed by atoms with van der Waals surface area (Å²) in [5.41, 5.74) is 0.986. The van der Waals surface area contributed by atoms with Gasteiger partial charge in [0.05, 0.1) is 0 Å². The van der Waals surface area contributed by atoms with Gasteiger partial charge in [0.2, 0.25) is 0 Å². The minimum atomic E-state index is -0.197. The van der Waals surface area contributed by atoms with Crippen molar-refractivity contribution in [1.82, 2.24) is 0 Å². The first-order chi connectivity index (χ1) is 7.27. The summed E-state index contributed by atoms with van der Waals surface area (Å²) < 4.78 is 0. The number of hydrogen-bond donors (Lipinski definition) is 0. The Hall–Kier alpha value is -1.63. The maximum absolute atomic E-state index is 11.1. The van der Waals surface area contributed by atoms with Gasteiger partial charge < -0.3 is 4.79 Å². The van der Waals surface area contributed by atoms with Crippen molar-refractivity contribution in [3.63, 3.8) is 0 Å². The van der Waals surface area contributed by atoms with E-state index in [9.17, 15) is 4.79 Å². The molecule has 0 radical (unpaired) electrons. The Labute approximate surface area is 90.1 Å². The molecule has 1 aromatic rings. The number of carbonyl (C=O) groups is 1. The van der Waals surface area contributed by atoms with E-state index in [2.05, 4.69) is 25.1 Å². The lowest BCUT2D eigenvalue weighted by Gasteiger charge is -2.32. The summed E-state index contributed by atoms with van der Waals surface area (Å²) in [5.74, 6) is -0.0649. The highest BCUT2D eigenvalue weighted by Crippen LogP contribution is 2.35. The standard InChI is InChI=1S/C14H14O/c1-14(12-7-3-2-4-8-12)10-6-5-9-13(14)11-15/h2-11,13H,1H3. The van der Waals surface area contributed by atoms with Crippen LogP contribution < -0.4 is 0 Å².